The highest BCUT2D eigenvalue weighted by molar-refractivity contribution is 8.00. The van der Waals surface area contributed by atoms with Gasteiger partial charge in [-0.3, -0.25) is 9.59 Å². The van der Waals surface area contributed by atoms with Crippen LogP contribution in [-0.2, 0) is 16.6 Å². The molecule has 3 rings (SSSR count). The minimum Gasteiger partial charge on any atom is -0.461 e. The number of benzene rings is 1. The van der Waals surface area contributed by atoms with Crippen LogP contribution in [0.1, 0.15) is 13.8 Å². The Balaban J connectivity index is 1.62. The third-order valence-electron chi connectivity index (χ3n) is 3.70. The normalized spacial score (nSPS) is 11.8. The van der Waals surface area contributed by atoms with Crippen molar-refractivity contribution in [1.82, 2.24) is 14.8 Å². The summed E-state index contributed by atoms with van der Waals surface area (Å²) in [6.45, 7) is 3.24. The Morgan fingerprint density at radius 2 is 1.78 bits per heavy atom. The quantitative estimate of drug-likeness (QED) is 0.632. The Bertz CT molecular complexity index is 935. The fourth-order valence-corrected chi connectivity index (χ4v) is 3.15. The summed E-state index contributed by atoms with van der Waals surface area (Å²) in [5.74, 6) is 0.918. The number of hydrogen-bond acceptors (Lipinski definition) is 6. The molecular weight excluding hydrogens is 366 g/mol. The molecule has 27 heavy (non-hydrogen) atoms. The lowest BCUT2D eigenvalue weighted by Crippen LogP contribution is -2.22. The molecule has 0 bridgehead atoms. The first-order valence-electron chi connectivity index (χ1n) is 8.22. The van der Waals surface area contributed by atoms with Gasteiger partial charge in [-0.25, -0.2) is 0 Å². The van der Waals surface area contributed by atoms with Crippen LogP contribution in [0.5, 0.6) is 0 Å². The number of thioether (sulfide) groups is 1. The lowest BCUT2D eigenvalue weighted by Gasteiger charge is -2.12. The molecule has 2 N–H and O–H groups in total. The van der Waals surface area contributed by atoms with E-state index in [0.717, 1.165) is 0 Å². The van der Waals surface area contributed by atoms with Gasteiger partial charge in [-0.15, -0.1) is 10.2 Å². The Hall–Kier alpha value is -3.07. The predicted octanol–water partition coefficient (Wildman–Crippen LogP) is 3.15. The van der Waals surface area contributed by atoms with E-state index in [-0.39, 0.29) is 17.1 Å². The van der Waals surface area contributed by atoms with Crippen LogP contribution < -0.4 is 10.6 Å². The molecule has 3 aromatic rings. The second-order valence-corrected chi connectivity index (χ2v) is 7.16. The maximum absolute atomic E-state index is 12.4. The molecule has 0 saturated heterocycles. The summed E-state index contributed by atoms with van der Waals surface area (Å²) in [7, 11) is 1.82. The molecule has 0 fully saturated rings. The van der Waals surface area contributed by atoms with Crippen LogP contribution in [0.2, 0.25) is 0 Å². The van der Waals surface area contributed by atoms with Gasteiger partial charge in [0.2, 0.25) is 11.8 Å². The maximum Gasteiger partial charge on any atom is 0.237 e. The van der Waals surface area contributed by atoms with Crippen molar-refractivity contribution in [3.8, 4) is 11.6 Å². The van der Waals surface area contributed by atoms with Crippen molar-refractivity contribution in [2.45, 2.75) is 24.3 Å². The van der Waals surface area contributed by atoms with Gasteiger partial charge in [-0.1, -0.05) is 11.8 Å². The third-order valence-corrected chi connectivity index (χ3v) is 4.83. The van der Waals surface area contributed by atoms with E-state index in [9.17, 15) is 9.59 Å². The molecule has 0 aliphatic heterocycles. The topological polar surface area (TPSA) is 102 Å². The Morgan fingerprint density at radius 1 is 1.11 bits per heavy atom. The molecule has 140 valence electrons. The van der Waals surface area contributed by atoms with Gasteiger partial charge in [0, 0.05) is 25.3 Å². The number of rotatable bonds is 6. The Kier molecular flexibility index (Phi) is 5.60. The Morgan fingerprint density at radius 3 is 2.37 bits per heavy atom. The van der Waals surface area contributed by atoms with E-state index in [2.05, 4.69) is 20.8 Å². The molecule has 9 heteroatoms. The molecule has 1 atom stereocenters. The maximum atomic E-state index is 12.4. The van der Waals surface area contributed by atoms with Crippen molar-refractivity contribution >= 4 is 35.0 Å². The first-order valence-corrected chi connectivity index (χ1v) is 9.10. The van der Waals surface area contributed by atoms with Gasteiger partial charge in [-0.05, 0) is 43.3 Å². The lowest BCUT2D eigenvalue weighted by molar-refractivity contribution is -0.115. The van der Waals surface area contributed by atoms with Crippen molar-refractivity contribution in [3.05, 3.63) is 42.7 Å². The number of nitrogens with one attached hydrogen (secondary N) is 2. The zero-order valence-corrected chi connectivity index (χ0v) is 15.9. The first-order chi connectivity index (χ1) is 12.9. The molecule has 2 aromatic heterocycles. The van der Waals surface area contributed by atoms with E-state index in [1.54, 1.807) is 54.2 Å². The minimum atomic E-state index is -0.382. The number of anilines is 2. The molecule has 0 saturated carbocycles. The highest BCUT2D eigenvalue weighted by Crippen LogP contribution is 2.26. The molecule has 8 nitrogen and oxygen atoms in total. The summed E-state index contributed by atoms with van der Waals surface area (Å²) < 4.78 is 7.13. The summed E-state index contributed by atoms with van der Waals surface area (Å²) in [4.78, 5) is 23.5. The average Bonchev–Trinajstić information content (AvgIpc) is 3.27. The number of furan rings is 1. The van der Waals surface area contributed by atoms with Crippen molar-refractivity contribution in [2.24, 2.45) is 7.05 Å². The molecule has 0 spiro atoms. The van der Waals surface area contributed by atoms with E-state index in [0.29, 0.717) is 28.1 Å². The SMILES string of the molecule is CC(=O)Nc1ccc(NC(=O)C(C)Sc2nnc(-c3ccco3)n2C)cc1. The Labute approximate surface area is 160 Å². The molecule has 0 aliphatic carbocycles. The van der Waals surface area contributed by atoms with E-state index < -0.39 is 0 Å². The van der Waals surface area contributed by atoms with E-state index in [1.807, 2.05) is 7.05 Å². The highest BCUT2D eigenvalue weighted by Gasteiger charge is 2.20. The number of carbonyl (C=O) groups excluding carboxylic acids is 2. The van der Waals surface area contributed by atoms with Crippen molar-refractivity contribution < 1.29 is 14.0 Å². The van der Waals surface area contributed by atoms with Crippen LogP contribution in [0, 0.1) is 0 Å². The summed E-state index contributed by atoms with van der Waals surface area (Å²) in [5, 5.41) is 14.0. The van der Waals surface area contributed by atoms with Crippen LogP contribution in [0.15, 0.2) is 52.2 Å². The van der Waals surface area contributed by atoms with Gasteiger partial charge in [-0.2, -0.15) is 0 Å². The molecule has 2 heterocycles. The number of carbonyl (C=O) groups is 2. The van der Waals surface area contributed by atoms with Gasteiger partial charge in [0.15, 0.2) is 16.7 Å². The highest BCUT2D eigenvalue weighted by atomic mass is 32.2. The van der Waals surface area contributed by atoms with E-state index in [4.69, 9.17) is 4.42 Å². The standard InChI is InChI=1S/C18H19N5O3S/c1-11(17(25)20-14-8-6-13(7-9-14)19-12(2)24)27-18-22-21-16(23(18)3)15-5-4-10-26-15/h4-11H,1-3H3,(H,19,24)(H,20,25). The second-order valence-electron chi connectivity index (χ2n) is 5.85. The van der Waals surface area contributed by atoms with Crippen LogP contribution in [0.25, 0.3) is 11.6 Å². The molecule has 2 amide bonds. The molecule has 0 aliphatic rings. The summed E-state index contributed by atoms with van der Waals surface area (Å²) in [5.41, 5.74) is 1.32. The second kappa shape index (κ2) is 8.09. The number of aromatic nitrogens is 3. The fraction of sp³-hybridized carbons (Fsp3) is 0.222. The number of hydrogen-bond donors (Lipinski definition) is 2. The number of amides is 2. The van der Waals surface area contributed by atoms with Crippen LogP contribution >= 0.6 is 11.8 Å². The van der Waals surface area contributed by atoms with Crippen LogP contribution in [-0.4, -0.2) is 31.8 Å². The van der Waals surface area contributed by atoms with Gasteiger partial charge < -0.3 is 19.6 Å². The van der Waals surface area contributed by atoms with Gasteiger partial charge in [0.25, 0.3) is 0 Å². The molecule has 1 aromatic carbocycles. The fourth-order valence-electron chi connectivity index (χ4n) is 2.33. The van der Waals surface area contributed by atoms with Crippen LogP contribution in [0.3, 0.4) is 0 Å². The van der Waals surface area contributed by atoms with Crippen LogP contribution in [0.4, 0.5) is 11.4 Å². The molecular formula is C18H19N5O3S. The monoisotopic (exact) mass is 385 g/mol. The zero-order chi connectivity index (χ0) is 19.4. The van der Waals surface area contributed by atoms with E-state index in [1.165, 1.54) is 18.7 Å². The van der Waals surface area contributed by atoms with Gasteiger partial charge in [0.05, 0.1) is 11.5 Å². The lowest BCUT2D eigenvalue weighted by atomic mass is 10.2. The molecule has 1 unspecified atom stereocenters. The number of nitrogens with zero attached hydrogens (tertiary/aromatic N) is 3. The summed E-state index contributed by atoms with van der Waals surface area (Å²) in [6.07, 6.45) is 1.57. The van der Waals surface area contributed by atoms with Crippen molar-refractivity contribution in [1.29, 1.82) is 0 Å². The van der Waals surface area contributed by atoms with E-state index >= 15 is 0 Å². The predicted molar refractivity (Wildman–Crippen MR) is 103 cm³/mol. The average molecular weight is 385 g/mol. The summed E-state index contributed by atoms with van der Waals surface area (Å²) >= 11 is 1.31. The largest absolute Gasteiger partial charge is 0.461 e. The molecule has 0 radical (unpaired) electrons. The van der Waals surface area contributed by atoms with Gasteiger partial charge >= 0.3 is 0 Å². The van der Waals surface area contributed by atoms with Crippen molar-refractivity contribution in [3.63, 3.8) is 0 Å². The third kappa shape index (κ3) is 4.56. The smallest absolute Gasteiger partial charge is 0.237 e. The summed E-state index contributed by atoms with van der Waals surface area (Å²) in [6, 6.07) is 10.5. The van der Waals surface area contributed by atoms with Gasteiger partial charge in [0.1, 0.15) is 0 Å². The minimum absolute atomic E-state index is 0.144. The zero-order valence-electron chi connectivity index (χ0n) is 15.1. The van der Waals surface area contributed by atoms with Crippen molar-refractivity contribution in [2.75, 3.05) is 10.6 Å². The first kappa shape index (κ1) is 18.7.